The third kappa shape index (κ3) is 5.34. The Labute approximate surface area is 155 Å². The quantitative estimate of drug-likeness (QED) is 0.821. The number of carbonyl (C=O) groups is 2. The second kappa shape index (κ2) is 9.04. The number of nitrogens with zero attached hydrogens (tertiary/aromatic N) is 1. The number of anilines is 1. The highest BCUT2D eigenvalue weighted by Crippen LogP contribution is 2.17. The van der Waals surface area contributed by atoms with Crippen molar-refractivity contribution in [1.29, 1.82) is 0 Å². The Morgan fingerprint density at radius 3 is 2.19 bits per heavy atom. The van der Waals surface area contributed by atoms with Crippen LogP contribution in [0.5, 0.6) is 0 Å². The summed E-state index contributed by atoms with van der Waals surface area (Å²) in [4.78, 5) is 25.7. The number of hydrogen-bond acceptors (Lipinski definition) is 3. The Kier molecular flexibility index (Phi) is 6.78. The van der Waals surface area contributed by atoms with Gasteiger partial charge in [-0.05, 0) is 48.2 Å². The van der Waals surface area contributed by atoms with Gasteiger partial charge in [-0.1, -0.05) is 38.1 Å². The molecule has 2 aromatic carbocycles. The zero-order valence-corrected chi connectivity index (χ0v) is 15.8. The fourth-order valence-electron chi connectivity index (χ4n) is 2.56. The lowest BCUT2D eigenvalue weighted by atomic mass is 10.0. The van der Waals surface area contributed by atoms with Crippen molar-refractivity contribution in [2.75, 3.05) is 19.0 Å². The van der Waals surface area contributed by atoms with Gasteiger partial charge in [0, 0.05) is 24.8 Å². The van der Waals surface area contributed by atoms with Crippen LogP contribution in [0.25, 0.3) is 0 Å². The van der Waals surface area contributed by atoms with Crippen LogP contribution in [0.1, 0.15) is 48.2 Å². The van der Waals surface area contributed by atoms with Crippen molar-refractivity contribution in [3.8, 4) is 0 Å². The van der Waals surface area contributed by atoms with Crippen LogP contribution in [0.15, 0.2) is 48.5 Å². The highest BCUT2D eigenvalue weighted by molar-refractivity contribution is 5.95. The average molecular weight is 354 g/mol. The first kappa shape index (κ1) is 19.5. The molecule has 0 aromatic heterocycles. The van der Waals surface area contributed by atoms with Crippen molar-refractivity contribution in [2.45, 2.75) is 33.2 Å². The van der Waals surface area contributed by atoms with Crippen molar-refractivity contribution in [3.05, 3.63) is 65.2 Å². The largest absolute Gasteiger partial charge is 0.450 e. The van der Waals surface area contributed by atoms with E-state index in [2.05, 4.69) is 43.4 Å². The number of ether oxygens (including phenoxy) is 1. The number of amides is 2. The molecular formula is C21H26N2O3. The van der Waals surface area contributed by atoms with Crippen molar-refractivity contribution in [1.82, 2.24) is 4.90 Å². The maximum Gasteiger partial charge on any atom is 0.411 e. The van der Waals surface area contributed by atoms with Crippen LogP contribution in [0.4, 0.5) is 10.5 Å². The van der Waals surface area contributed by atoms with Crippen molar-refractivity contribution < 1.29 is 14.3 Å². The van der Waals surface area contributed by atoms with E-state index in [0.717, 1.165) is 5.56 Å². The molecule has 5 nitrogen and oxygen atoms in total. The van der Waals surface area contributed by atoms with Crippen LogP contribution >= 0.6 is 0 Å². The minimum absolute atomic E-state index is 0.0689. The molecule has 26 heavy (non-hydrogen) atoms. The van der Waals surface area contributed by atoms with E-state index in [1.165, 1.54) is 5.56 Å². The van der Waals surface area contributed by atoms with E-state index in [9.17, 15) is 9.59 Å². The summed E-state index contributed by atoms with van der Waals surface area (Å²) >= 11 is 0. The molecule has 0 heterocycles. The molecule has 0 aliphatic rings. The number of carbonyl (C=O) groups excluding carboxylic acids is 2. The van der Waals surface area contributed by atoms with Gasteiger partial charge < -0.3 is 9.64 Å². The van der Waals surface area contributed by atoms with Gasteiger partial charge in [0.2, 0.25) is 0 Å². The molecule has 2 rings (SSSR count). The van der Waals surface area contributed by atoms with Crippen LogP contribution in [0, 0.1) is 0 Å². The van der Waals surface area contributed by atoms with E-state index in [1.807, 2.05) is 0 Å². The molecule has 0 bridgehead atoms. The summed E-state index contributed by atoms with van der Waals surface area (Å²) in [6.07, 6.45) is -0.506. The lowest BCUT2D eigenvalue weighted by Gasteiger charge is -2.18. The number of rotatable bonds is 6. The van der Waals surface area contributed by atoms with E-state index >= 15 is 0 Å². The van der Waals surface area contributed by atoms with Gasteiger partial charge in [0.1, 0.15) is 0 Å². The summed E-state index contributed by atoms with van der Waals surface area (Å²) in [5, 5.41) is 2.61. The number of hydrogen-bond donors (Lipinski definition) is 1. The van der Waals surface area contributed by atoms with Crippen molar-refractivity contribution >= 4 is 17.7 Å². The minimum atomic E-state index is -0.506. The van der Waals surface area contributed by atoms with Gasteiger partial charge >= 0.3 is 6.09 Å². The highest BCUT2D eigenvalue weighted by Gasteiger charge is 2.12. The van der Waals surface area contributed by atoms with Gasteiger partial charge in [-0.15, -0.1) is 0 Å². The van der Waals surface area contributed by atoms with Gasteiger partial charge in [0.05, 0.1) is 6.61 Å². The SMILES string of the molecule is CCOC(=O)Nc1ccc(C(=O)N(C)Cc2ccc(C(C)C)cc2)cc1. The molecule has 0 saturated heterocycles. The molecular weight excluding hydrogens is 328 g/mol. The Morgan fingerprint density at radius 1 is 1.04 bits per heavy atom. The van der Waals surface area contributed by atoms with E-state index in [1.54, 1.807) is 43.1 Å². The standard InChI is InChI=1S/C21H26N2O3/c1-5-26-21(25)22-19-12-10-18(11-13-19)20(24)23(4)14-16-6-8-17(9-7-16)15(2)3/h6-13,15H,5,14H2,1-4H3,(H,22,25). The topological polar surface area (TPSA) is 58.6 Å². The van der Waals surface area contributed by atoms with Gasteiger partial charge in [0.15, 0.2) is 0 Å². The summed E-state index contributed by atoms with van der Waals surface area (Å²) in [5.41, 5.74) is 3.53. The normalized spacial score (nSPS) is 10.5. The zero-order chi connectivity index (χ0) is 19.1. The van der Waals surface area contributed by atoms with Crippen LogP contribution in [-0.4, -0.2) is 30.6 Å². The van der Waals surface area contributed by atoms with E-state index in [0.29, 0.717) is 30.3 Å². The average Bonchev–Trinajstić information content (AvgIpc) is 2.62. The van der Waals surface area contributed by atoms with Crippen LogP contribution < -0.4 is 5.32 Å². The first-order valence-electron chi connectivity index (χ1n) is 8.78. The fourth-order valence-corrected chi connectivity index (χ4v) is 2.56. The molecule has 0 aliphatic heterocycles. The second-order valence-corrected chi connectivity index (χ2v) is 6.48. The third-order valence-corrected chi connectivity index (χ3v) is 4.07. The zero-order valence-electron chi connectivity index (χ0n) is 15.8. The monoisotopic (exact) mass is 354 g/mol. The Morgan fingerprint density at radius 2 is 1.65 bits per heavy atom. The molecule has 0 saturated carbocycles. The molecule has 0 aliphatic carbocycles. The Hall–Kier alpha value is -2.82. The molecule has 0 radical (unpaired) electrons. The lowest BCUT2D eigenvalue weighted by Crippen LogP contribution is -2.26. The molecule has 2 amide bonds. The van der Waals surface area contributed by atoms with Crippen LogP contribution in [0.3, 0.4) is 0 Å². The molecule has 0 spiro atoms. The lowest BCUT2D eigenvalue weighted by molar-refractivity contribution is 0.0785. The summed E-state index contributed by atoms with van der Waals surface area (Å²) in [6.45, 7) is 6.91. The minimum Gasteiger partial charge on any atom is -0.450 e. The van der Waals surface area contributed by atoms with Crippen LogP contribution in [-0.2, 0) is 11.3 Å². The van der Waals surface area contributed by atoms with E-state index < -0.39 is 6.09 Å². The predicted octanol–water partition coefficient (Wildman–Crippen LogP) is 4.65. The predicted molar refractivity (Wildman–Crippen MR) is 103 cm³/mol. The number of nitrogens with one attached hydrogen (secondary N) is 1. The van der Waals surface area contributed by atoms with Gasteiger partial charge in [-0.25, -0.2) is 4.79 Å². The summed E-state index contributed by atoms with van der Waals surface area (Å²) in [7, 11) is 1.78. The summed E-state index contributed by atoms with van der Waals surface area (Å²) < 4.78 is 4.83. The van der Waals surface area contributed by atoms with Gasteiger partial charge in [-0.2, -0.15) is 0 Å². The van der Waals surface area contributed by atoms with Crippen molar-refractivity contribution in [3.63, 3.8) is 0 Å². The van der Waals surface area contributed by atoms with E-state index in [4.69, 9.17) is 4.74 Å². The molecule has 2 aromatic rings. The summed E-state index contributed by atoms with van der Waals surface area (Å²) in [5.74, 6) is 0.422. The Balaban J connectivity index is 1.97. The molecule has 0 atom stereocenters. The molecule has 138 valence electrons. The third-order valence-electron chi connectivity index (χ3n) is 4.07. The Bertz CT molecular complexity index is 737. The molecule has 5 heteroatoms. The van der Waals surface area contributed by atoms with E-state index in [-0.39, 0.29) is 5.91 Å². The fraction of sp³-hybridized carbons (Fsp3) is 0.333. The van der Waals surface area contributed by atoms with Crippen LogP contribution in [0.2, 0.25) is 0 Å². The first-order valence-corrected chi connectivity index (χ1v) is 8.78. The van der Waals surface area contributed by atoms with Gasteiger partial charge in [0.25, 0.3) is 5.91 Å². The maximum absolute atomic E-state index is 12.6. The molecule has 0 unspecified atom stereocenters. The van der Waals surface area contributed by atoms with Gasteiger partial charge in [-0.3, -0.25) is 10.1 Å². The highest BCUT2D eigenvalue weighted by atomic mass is 16.5. The first-order chi connectivity index (χ1) is 12.4. The number of benzene rings is 2. The molecule has 0 fully saturated rings. The van der Waals surface area contributed by atoms with Crippen molar-refractivity contribution in [2.24, 2.45) is 0 Å². The second-order valence-electron chi connectivity index (χ2n) is 6.48. The maximum atomic E-state index is 12.6. The molecule has 1 N–H and O–H groups in total. The summed E-state index contributed by atoms with van der Waals surface area (Å²) in [6, 6.07) is 15.1. The smallest absolute Gasteiger partial charge is 0.411 e.